The van der Waals surface area contributed by atoms with Gasteiger partial charge in [-0.15, -0.1) is 10.2 Å². The molecule has 1 amide bonds. The van der Waals surface area contributed by atoms with Crippen molar-refractivity contribution in [2.45, 2.75) is 25.3 Å². The molecule has 44 heavy (non-hydrogen) atoms. The summed E-state index contributed by atoms with van der Waals surface area (Å²) in [6.45, 7) is 8.89. The van der Waals surface area contributed by atoms with Crippen LogP contribution in [-0.4, -0.2) is 106 Å². The summed E-state index contributed by atoms with van der Waals surface area (Å²) in [5.74, 6) is -1.31. The molecule has 3 aromatic rings. The highest BCUT2D eigenvalue weighted by molar-refractivity contribution is 7.85. The van der Waals surface area contributed by atoms with Crippen LogP contribution in [0.2, 0.25) is 0 Å². The lowest BCUT2D eigenvalue weighted by molar-refractivity contribution is -0.156. The summed E-state index contributed by atoms with van der Waals surface area (Å²) >= 11 is 0. The standard InChI is InChI=1S/C15H21N3O2.C14H13F4N3O2S/c19-12-16-14-3-1-13(2-4-14)9-17-5-7-18(8-6-17)15-10-20-11-15;15-11-7-9(12-19-20-13(23-12)14(16,17)18)1-2-10(11)8-21-3-5-24(22)6-4-21/h1-4,12,15H,5-11H2,(H,16,19);1-2,7H,3-6,8H2. The van der Waals surface area contributed by atoms with Gasteiger partial charge in [0, 0.05) is 91.5 Å². The lowest BCUT2D eigenvalue weighted by atomic mass is 10.1. The molecule has 10 nitrogen and oxygen atoms in total. The molecule has 0 unspecified atom stereocenters. The van der Waals surface area contributed by atoms with Crippen LogP contribution in [0.1, 0.15) is 17.0 Å². The van der Waals surface area contributed by atoms with Crippen molar-refractivity contribution >= 4 is 22.9 Å². The van der Waals surface area contributed by atoms with Gasteiger partial charge in [0.2, 0.25) is 12.3 Å². The third kappa shape index (κ3) is 8.69. The normalized spacial score (nSPS) is 19.2. The number of alkyl halides is 3. The van der Waals surface area contributed by atoms with Crippen LogP contribution in [0.3, 0.4) is 0 Å². The Bertz CT molecular complexity index is 1400. The molecule has 6 rings (SSSR count). The number of benzene rings is 2. The van der Waals surface area contributed by atoms with Gasteiger partial charge < -0.3 is 14.5 Å². The monoisotopic (exact) mass is 638 g/mol. The molecular weight excluding hydrogens is 604 g/mol. The number of rotatable bonds is 8. The molecule has 15 heteroatoms. The lowest BCUT2D eigenvalue weighted by Gasteiger charge is -2.42. The SMILES string of the molecule is O=CNc1ccc(CN2CCN(C3COC3)CC2)cc1.O=S1CCN(Cc2ccc(-c3nnc(C(F)(F)F)o3)cc2F)CC1. The van der Waals surface area contributed by atoms with Gasteiger partial charge in [-0.2, -0.15) is 13.2 Å². The van der Waals surface area contributed by atoms with Crippen molar-refractivity contribution in [2.75, 3.05) is 69.3 Å². The second-order valence-electron chi connectivity index (χ2n) is 10.8. The maximum Gasteiger partial charge on any atom is 0.470 e. The number of ether oxygens (including phenoxy) is 1. The van der Waals surface area contributed by atoms with Crippen LogP contribution in [0.15, 0.2) is 46.9 Å². The zero-order valence-corrected chi connectivity index (χ0v) is 24.8. The van der Waals surface area contributed by atoms with E-state index in [2.05, 4.69) is 41.9 Å². The fourth-order valence-corrected chi connectivity index (χ4v) is 6.22. The third-order valence-electron chi connectivity index (χ3n) is 7.76. The van der Waals surface area contributed by atoms with Crippen LogP contribution >= 0.6 is 0 Å². The van der Waals surface area contributed by atoms with Crippen LogP contribution in [0, 0.1) is 5.82 Å². The molecule has 238 valence electrons. The molecule has 4 heterocycles. The summed E-state index contributed by atoms with van der Waals surface area (Å²) in [5.41, 5.74) is 2.63. The van der Waals surface area contributed by atoms with Gasteiger partial charge in [0.25, 0.3) is 0 Å². The summed E-state index contributed by atoms with van der Waals surface area (Å²) in [5, 5.41) is 8.87. The third-order valence-corrected chi connectivity index (χ3v) is 9.04. The van der Waals surface area contributed by atoms with Crippen LogP contribution in [0.5, 0.6) is 0 Å². The van der Waals surface area contributed by atoms with Crippen molar-refractivity contribution in [3.05, 3.63) is 65.3 Å². The van der Waals surface area contributed by atoms with Gasteiger partial charge >= 0.3 is 12.1 Å². The number of nitrogens with zero attached hydrogens (tertiary/aromatic N) is 5. The highest BCUT2D eigenvalue weighted by atomic mass is 32.2. The Hall–Kier alpha value is -3.24. The van der Waals surface area contributed by atoms with E-state index in [0.29, 0.717) is 49.2 Å². The lowest BCUT2D eigenvalue weighted by Crippen LogP contribution is -2.56. The van der Waals surface area contributed by atoms with E-state index in [1.54, 1.807) is 0 Å². The average molecular weight is 639 g/mol. The Labute approximate surface area is 254 Å². The van der Waals surface area contributed by atoms with Gasteiger partial charge in [-0.3, -0.25) is 23.7 Å². The predicted octanol–water partition coefficient (Wildman–Crippen LogP) is 3.23. The highest BCUT2D eigenvalue weighted by Crippen LogP contribution is 2.31. The number of aromatic nitrogens is 2. The van der Waals surface area contributed by atoms with Gasteiger partial charge in [0.1, 0.15) is 5.82 Å². The molecule has 3 aliphatic heterocycles. The molecule has 0 aliphatic carbocycles. The minimum absolute atomic E-state index is 0.0824. The van der Waals surface area contributed by atoms with Gasteiger partial charge in [-0.05, 0) is 29.8 Å². The van der Waals surface area contributed by atoms with E-state index >= 15 is 0 Å². The fraction of sp³-hybridized carbons (Fsp3) is 0.483. The average Bonchev–Trinajstić information content (AvgIpc) is 3.49. The van der Waals surface area contributed by atoms with Gasteiger partial charge in [-0.25, -0.2) is 4.39 Å². The number of piperazine rings is 1. The first kappa shape index (κ1) is 32.2. The second kappa shape index (κ2) is 14.7. The first-order valence-corrected chi connectivity index (χ1v) is 15.8. The van der Waals surface area contributed by atoms with E-state index in [1.807, 2.05) is 17.0 Å². The van der Waals surface area contributed by atoms with E-state index in [-0.39, 0.29) is 11.5 Å². The van der Waals surface area contributed by atoms with E-state index < -0.39 is 28.7 Å². The zero-order valence-electron chi connectivity index (χ0n) is 24.0. The van der Waals surface area contributed by atoms with Crippen molar-refractivity contribution in [2.24, 2.45) is 0 Å². The van der Waals surface area contributed by atoms with E-state index in [0.717, 1.165) is 57.7 Å². The van der Waals surface area contributed by atoms with Crippen molar-refractivity contribution in [3.63, 3.8) is 0 Å². The van der Waals surface area contributed by atoms with Gasteiger partial charge in [-0.1, -0.05) is 18.2 Å². The number of halogens is 4. The number of amides is 1. The van der Waals surface area contributed by atoms with Crippen molar-refractivity contribution in [3.8, 4) is 11.5 Å². The number of hydrogen-bond donors (Lipinski definition) is 1. The molecule has 2 aromatic carbocycles. The van der Waals surface area contributed by atoms with E-state index in [1.165, 1.54) is 17.7 Å². The number of carbonyl (C=O) groups is 1. The first-order valence-electron chi connectivity index (χ1n) is 14.3. The quantitative estimate of drug-likeness (QED) is 0.294. The Balaban J connectivity index is 0.000000177. The molecule has 3 saturated heterocycles. The molecule has 0 radical (unpaired) electrons. The summed E-state index contributed by atoms with van der Waals surface area (Å²) in [6.07, 6.45) is -4.03. The smallest absolute Gasteiger partial charge is 0.413 e. The summed E-state index contributed by atoms with van der Waals surface area (Å²) in [4.78, 5) is 17.4. The highest BCUT2D eigenvalue weighted by Gasteiger charge is 2.38. The largest absolute Gasteiger partial charge is 0.470 e. The predicted molar refractivity (Wildman–Crippen MR) is 155 cm³/mol. The fourth-order valence-electron chi connectivity index (χ4n) is 5.09. The van der Waals surface area contributed by atoms with Crippen molar-refractivity contribution in [1.29, 1.82) is 0 Å². The number of carbonyl (C=O) groups excluding carboxylic acids is 1. The molecule has 0 saturated carbocycles. The summed E-state index contributed by atoms with van der Waals surface area (Å²) in [7, 11) is -0.813. The molecule has 1 N–H and O–H groups in total. The van der Waals surface area contributed by atoms with Gasteiger partial charge in [0.15, 0.2) is 0 Å². The molecule has 3 aliphatic rings. The van der Waals surface area contributed by atoms with Crippen LogP contribution in [-0.2, 0) is 39.6 Å². The number of hydrogen-bond acceptors (Lipinski definition) is 9. The second-order valence-corrected chi connectivity index (χ2v) is 12.5. The maximum atomic E-state index is 14.2. The van der Waals surface area contributed by atoms with Crippen LogP contribution in [0.25, 0.3) is 11.5 Å². The molecule has 1 aromatic heterocycles. The summed E-state index contributed by atoms with van der Waals surface area (Å²) < 4.78 is 72.7. The van der Waals surface area contributed by atoms with E-state index in [4.69, 9.17) is 4.74 Å². The van der Waals surface area contributed by atoms with Gasteiger partial charge in [0.05, 0.1) is 19.3 Å². The topological polar surface area (TPSA) is 104 Å². The summed E-state index contributed by atoms with van der Waals surface area (Å²) in [6, 6.07) is 12.7. The Kier molecular flexibility index (Phi) is 10.7. The molecule has 3 fully saturated rings. The molecule has 0 spiro atoms. The maximum absolute atomic E-state index is 14.2. The van der Waals surface area contributed by atoms with Crippen LogP contribution < -0.4 is 5.32 Å². The van der Waals surface area contributed by atoms with Crippen molar-refractivity contribution < 1.29 is 35.7 Å². The zero-order chi connectivity index (χ0) is 31.1. The number of anilines is 1. The molecule has 0 bridgehead atoms. The number of nitrogens with one attached hydrogen (secondary N) is 1. The Morgan fingerprint density at radius 3 is 2.18 bits per heavy atom. The van der Waals surface area contributed by atoms with Crippen molar-refractivity contribution in [1.82, 2.24) is 24.9 Å². The first-order chi connectivity index (χ1) is 21.2. The minimum Gasteiger partial charge on any atom is -0.413 e. The van der Waals surface area contributed by atoms with E-state index in [9.17, 15) is 26.6 Å². The molecule has 0 atom stereocenters. The molecular formula is C29H34F4N6O4S. The Morgan fingerprint density at radius 1 is 0.932 bits per heavy atom. The van der Waals surface area contributed by atoms with Crippen LogP contribution in [0.4, 0.5) is 23.2 Å². The minimum atomic E-state index is -4.74. The Morgan fingerprint density at radius 2 is 1.61 bits per heavy atom.